The molecule has 2 amide bonds. The quantitative estimate of drug-likeness (QED) is 0.679. The molecule has 1 aromatic heterocycles. The lowest BCUT2D eigenvalue weighted by Crippen LogP contribution is -2.17. The molecule has 0 bridgehead atoms. The van der Waals surface area contributed by atoms with Gasteiger partial charge in [0.1, 0.15) is 5.82 Å². The van der Waals surface area contributed by atoms with Crippen LogP contribution < -0.4 is 10.2 Å². The van der Waals surface area contributed by atoms with E-state index in [0.717, 1.165) is 17.4 Å². The van der Waals surface area contributed by atoms with Crippen LogP contribution in [-0.2, 0) is 4.79 Å². The van der Waals surface area contributed by atoms with Crippen LogP contribution in [0.15, 0.2) is 41.3 Å². The number of nitrogens with zero attached hydrogens (tertiary/aromatic N) is 3. The molecule has 0 spiro atoms. The SMILES string of the molecule is CN(c1ccccc1)c1cc(/C=C2/SC(=O)NC2=O)nc(Cl)n1. The molecule has 116 valence electrons. The average molecular weight is 347 g/mol. The number of para-hydroxylation sites is 1. The molecule has 1 saturated heterocycles. The molecule has 0 unspecified atom stereocenters. The molecule has 0 radical (unpaired) electrons. The highest BCUT2D eigenvalue weighted by Gasteiger charge is 2.25. The average Bonchev–Trinajstić information content (AvgIpc) is 2.84. The highest BCUT2D eigenvalue weighted by atomic mass is 35.5. The van der Waals surface area contributed by atoms with Crippen molar-refractivity contribution >= 4 is 52.1 Å². The minimum Gasteiger partial charge on any atom is -0.329 e. The van der Waals surface area contributed by atoms with Crippen molar-refractivity contribution in [3.8, 4) is 0 Å². The topological polar surface area (TPSA) is 75.2 Å². The van der Waals surface area contributed by atoms with E-state index in [1.165, 1.54) is 6.08 Å². The number of rotatable bonds is 3. The zero-order chi connectivity index (χ0) is 16.4. The maximum Gasteiger partial charge on any atom is 0.290 e. The van der Waals surface area contributed by atoms with Crippen LogP contribution in [0.2, 0.25) is 5.28 Å². The number of hydrogen-bond donors (Lipinski definition) is 1. The summed E-state index contributed by atoms with van der Waals surface area (Å²) in [4.78, 5) is 33.2. The predicted molar refractivity (Wildman–Crippen MR) is 90.7 cm³/mol. The smallest absolute Gasteiger partial charge is 0.290 e. The highest BCUT2D eigenvalue weighted by Crippen LogP contribution is 2.27. The molecule has 1 aromatic carbocycles. The van der Waals surface area contributed by atoms with Crippen molar-refractivity contribution in [2.75, 3.05) is 11.9 Å². The summed E-state index contributed by atoms with van der Waals surface area (Å²) in [7, 11) is 1.85. The number of carbonyl (C=O) groups excluding carboxylic acids is 2. The monoisotopic (exact) mass is 346 g/mol. The minimum atomic E-state index is -0.437. The number of amides is 2. The number of imide groups is 1. The van der Waals surface area contributed by atoms with Crippen LogP contribution in [0.4, 0.5) is 16.3 Å². The van der Waals surface area contributed by atoms with Crippen LogP contribution in [0.1, 0.15) is 5.69 Å². The zero-order valence-corrected chi connectivity index (χ0v) is 13.6. The van der Waals surface area contributed by atoms with Crippen LogP contribution >= 0.6 is 23.4 Å². The van der Waals surface area contributed by atoms with Gasteiger partial charge in [0.05, 0.1) is 10.6 Å². The van der Waals surface area contributed by atoms with E-state index in [4.69, 9.17) is 11.6 Å². The normalized spacial score (nSPS) is 15.8. The van der Waals surface area contributed by atoms with Gasteiger partial charge in [-0.05, 0) is 41.6 Å². The van der Waals surface area contributed by atoms with Gasteiger partial charge in [0.25, 0.3) is 11.1 Å². The Bertz CT molecular complexity index is 810. The number of thioether (sulfide) groups is 1. The van der Waals surface area contributed by atoms with Crippen molar-refractivity contribution in [3.05, 3.63) is 52.3 Å². The van der Waals surface area contributed by atoms with Crippen molar-refractivity contribution in [1.29, 1.82) is 0 Å². The Morgan fingerprint density at radius 1 is 1.22 bits per heavy atom. The van der Waals surface area contributed by atoms with Gasteiger partial charge in [-0.3, -0.25) is 14.9 Å². The number of benzene rings is 1. The molecule has 1 aliphatic rings. The van der Waals surface area contributed by atoms with E-state index in [1.54, 1.807) is 6.07 Å². The lowest BCUT2D eigenvalue weighted by atomic mass is 10.3. The molecule has 3 rings (SSSR count). The van der Waals surface area contributed by atoms with Gasteiger partial charge in [0.2, 0.25) is 5.28 Å². The zero-order valence-electron chi connectivity index (χ0n) is 12.0. The van der Waals surface area contributed by atoms with Gasteiger partial charge >= 0.3 is 0 Å². The van der Waals surface area contributed by atoms with E-state index in [2.05, 4.69) is 15.3 Å². The predicted octanol–water partition coefficient (Wildman–Crippen LogP) is 3.22. The van der Waals surface area contributed by atoms with Gasteiger partial charge in [-0.15, -0.1) is 0 Å². The number of aromatic nitrogens is 2. The fraction of sp³-hybridized carbons (Fsp3) is 0.0667. The van der Waals surface area contributed by atoms with E-state index in [1.807, 2.05) is 42.3 Å². The van der Waals surface area contributed by atoms with Gasteiger partial charge in [-0.1, -0.05) is 18.2 Å². The largest absolute Gasteiger partial charge is 0.329 e. The van der Waals surface area contributed by atoms with E-state index in [0.29, 0.717) is 11.5 Å². The Kier molecular flexibility index (Phi) is 4.31. The summed E-state index contributed by atoms with van der Waals surface area (Å²) >= 11 is 6.81. The van der Waals surface area contributed by atoms with E-state index < -0.39 is 11.1 Å². The molecule has 1 aliphatic heterocycles. The lowest BCUT2D eigenvalue weighted by molar-refractivity contribution is -0.115. The summed E-state index contributed by atoms with van der Waals surface area (Å²) in [6.45, 7) is 0. The number of nitrogens with one attached hydrogen (secondary N) is 1. The second-order valence-electron chi connectivity index (χ2n) is 4.67. The molecule has 1 fully saturated rings. The lowest BCUT2D eigenvalue weighted by Gasteiger charge is -2.18. The first-order chi connectivity index (χ1) is 11.0. The van der Waals surface area contributed by atoms with Gasteiger partial charge in [-0.25, -0.2) is 9.97 Å². The van der Waals surface area contributed by atoms with Crippen LogP contribution in [0, 0.1) is 0 Å². The summed E-state index contributed by atoms with van der Waals surface area (Å²) in [5.41, 5.74) is 1.39. The number of hydrogen-bond acceptors (Lipinski definition) is 6. The van der Waals surface area contributed by atoms with Crippen molar-refractivity contribution < 1.29 is 9.59 Å². The third kappa shape index (κ3) is 3.52. The maximum absolute atomic E-state index is 11.6. The first-order valence-corrected chi connectivity index (χ1v) is 7.80. The molecule has 23 heavy (non-hydrogen) atoms. The molecule has 6 nitrogen and oxygen atoms in total. The Morgan fingerprint density at radius 2 is 1.96 bits per heavy atom. The summed E-state index contributed by atoms with van der Waals surface area (Å²) in [5, 5.41) is 1.86. The van der Waals surface area contributed by atoms with Gasteiger partial charge in [0.15, 0.2) is 0 Å². The fourth-order valence-electron chi connectivity index (χ4n) is 2.01. The second kappa shape index (κ2) is 6.39. The van der Waals surface area contributed by atoms with E-state index in [-0.39, 0.29) is 10.2 Å². The Hall–Kier alpha value is -2.38. The molecule has 0 atom stereocenters. The van der Waals surface area contributed by atoms with Crippen LogP contribution in [0.3, 0.4) is 0 Å². The first-order valence-electron chi connectivity index (χ1n) is 6.61. The summed E-state index contributed by atoms with van der Waals surface area (Å²) in [5.74, 6) is 0.144. The number of anilines is 2. The van der Waals surface area contributed by atoms with Crippen LogP contribution in [0.25, 0.3) is 6.08 Å². The molecule has 0 aliphatic carbocycles. The van der Waals surface area contributed by atoms with E-state index in [9.17, 15) is 9.59 Å². The van der Waals surface area contributed by atoms with E-state index >= 15 is 0 Å². The Balaban J connectivity index is 1.95. The summed E-state index contributed by atoms with van der Waals surface area (Å²) < 4.78 is 0. The standard InChI is InChI=1S/C15H11ClN4O2S/c1-20(10-5-3-2-4-6-10)12-8-9(17-14(16)18-12)7-11-13(21)19-15(22)23-11/h2-8H,1H3,(H,19,21,22)/b11-7+. The number of halogens is 1. The van der Waals surface area contributed by atoms with Crippen molar-refractivity contribution in [1.82, 2.24) is 15.3 Å². The molecular formula is C15H11ClN4O2S. The number of carbonyl (C=O) groups is 2. The van der Waals surface area contributed by atoms with Crippen LogP contribution in [-0.4, -0.2) is 28.2 Å². The first kappa shape index (κ1) is 15.5. The van der Waals surface area contributed by atoms with Crippen LogP contribution in [0.5, 0.6) is 0 Å². The Morgan fingerprint density at radius 3 is 2.61 bits per heavy atom. The van der Waals surface area contributed by atoms with Gasteiger partial charge in [-0.2, -0.15) is 0 Å². The maximum atomic E-state index is 11.6. The molecular weight excluding hydrogens is 336 g/mol. The van der Waals surface area contributed by atoms with Crippen molar-refractivity contribution in [2.24, 2.45) is 0 Å². The molecule has 8 heteroatoms. The van der Waals surface area contributed by atoms with Gasteiger partial charge in [0, 0.05) is 18.8 Å². The van der Waals surface area contributed by atoms with Crippen molar-refractivity contribution in [2.45, 2.75) is 0 Å². The second-order valence-corrected chi connectivity index (χ2v) is 6.02. The Labute approximate surface area is 141 Å². The minimum absolute atomic E-state index is 0.0619. The summed E-state index contributed by atoms with van der Waals surface area (Å²) in [6.07, 6.45) is 1.51. The third-order valence-corrected chi connectivity index (χ3v) is 4.09. The van der Waals surface area contributed by atoms with Crippen molar-refractivity contribution in [3.63, 3.8) is 0 Å². The fourth-order valence-corrected chi connectivity index (χ4v) is 2.86. The molecule has 2 heterocycles. The van der Waals surface area contributed by atoms with Gasteiger partial charge < -0.3 is 4.90 Å². The highest BCUT2D eigenvalue weighted by molar-refractivity contribution is 8.18. The molecule has 0 saturated carbocycles. The summed E-state index contributed by atoms with van der Waals surface area (Å²) in [6, 6.07) is 11.3. The third-order valence-electron chi connectivity index (χ3n) is 3.11. The molecule has 2 aromatic rings. The molecule has 1 N–H and O–H groups in total.